The Hall–Kier alpha value is -3.98. The van der Waals surface area contributed by atoms with Crippen LogP contribution in [0.5, 0.6) is 0 Å². The smallest absolute Gasteiger partial charge is 0.269 e. The molecule has 0 aliphatic rings. The van der Waals surface area contributed by atoms with Crippen molar-refractivity contribution in [1.29, 1.82) is 0 Å². The highest BCUT2D eigenvalue weighted by Gasteiger charge is 2.17. The van der Waals surface area contributed by atoms with E-state index in [-0.39, 0.29) is 17.3 Å². The minimum Gasteiger partial charge on any atom is -0.325 e. The number of amides is 1. The quantitative estimate of drug-likeness (QED) is 0.204. The van der Waals surface area contributed by atoms with Crippen molar-refractivity contribution in [3.8, 4) is 11.4 Å². The van der Waals surface area contributed by atoms with Gasteiger partial charge in [0, 0.05) is 23.4 Å². The maximum absolute atomic E-state index is 12.6. The molecule has 4 aromatic rings. The van der Waals surface area contributed by atoms with Gasteiger partial charge in [0.25, 0.3) is 5.69 Å². The first-order valence-electron chi connectivity index (χ1n) is 10.8. The van der Waals surface area contributed by atoms with Gasteiger partial charge in [-0.05, 0) is 35.7 Å². The van der Waals surface area contributed by atoms with E-state index in [0.29, 0.717) is 23.1 Å². The van der Waals surface area contributed by atoms with Gasteiger partial charge in [0.1, 0.15) is 0 Å². The van der Waals surface area contributed by atoms with Crippen molar-refractivity contribution in [2.45, 2.75) is 25.0 Å². The molecule has 1 heterocycles. The average Bonchev–Trinajstić information content (AvgIpc) is 3.26. The first kappa shape index (κ1) is 23.2. The fraction of sp³-hybridized carbons (Fsp3) is 0.160. The van der Waals surface area contributed by atoms with Crippen molar-refractivity contribution in [2.75, 3.05) is 11.1 Å². The standard InChI is InChI=1S/C25H23N5O3S/c1-2-19-10-6-7-11-22(19)26-23(31)17-34-25-28-27-24(20-12-14-21(15-13-20)30(32)33)29(25)16-18-8-4-3-5-9-18/h3-15H,2,16-17H2,1H3,(H,26,31). The molecule has 1 amide bonds. The molecule has 0 spiro atoms. The number of carbonyl (C=O) groups is 1. The number of hydrogen-bond donors (Lipinski definition) is 1. The van der Waals surface area contributed by atoms with Gasteiger partial charge in [-0.15, -0.1) is 10.2 Å². The van der Waals surface area contributed by atoms with Crippen molar-refractivity contribution in [2.24, 2.45) is 0 Å². The highest BCUT2D eigenvalue weighted by atomic mass is 32.2. The first-order valence-corrected chi connectivity index (χ1v) is 11.8. The van der Waals surface area contributed by atoms with Crippen LogP contribution < -0.4 is 5.32 Å². The topological polar surface area (TPSA) is 103 Å². The number of thioether (sulfide) groups is 1. The lowest BCUT2D eigenvalue weighted by Crippen LogP contribution is -2.16. The zero-order valence-corrected chi connectivity index (χ0v) is 19.4. The summed E-state index contributed by atoms with van der Waals surface area (Å²) in [7, 11) is 0. The van der Waals surface area contributed by atoms with E-state index in [1.807, 2.05) is 66.1 Å². The Kier molecular flexibility index (Phi) is 7.34. The lowest BCUT2D eigenvalue weighted by molar-refractivity contribution is -0.384. The van der Waals surface area contributed by atoms with Crippen LogP contribution >= 0.6 is 11.8 Å². The van der Waals surface area contributed by atoms with Crippen LogP contribution in [0, 0.1) is 10.1 Å². The molecular formula is C25H23N5O3S. The molecule has 0 fully saturated rings. The molecule has 0 aliphatic heterocycles. The van der Waals surface area contributed by atoms with Gasteiger partial charge in [0.05, 0.1) is 17.2 Å². The highest BCUT2D eigenvalue weighted by molar-refractivity contribution is 7.99. The summed E-state index contributed by atoms with van der Waals surface area (Å²) in [6.07, 6.45) is 0.827. The van der Waals surface area contributed by atoms with Crippen LogP contribution in [0.25, 0.3) is 11.4 Å². The van der Waals surface area contributed by atoms with E-state index in [4.69, 9.17) is 0 Å². The Morgan fingerprint density at radius 2 is 1.71 bits per heavy atom. The molecule has 8 nitrogen and oxygen atoms in total. The average molecular weight is 474 g/mol. The molecule has 172 valence electrons. The van der Waals surface area contributed by atoms with E-state index >= 15 is 0 Å². The van der Waals surface area contributed by atoms with Crippen molar-refractivity contribution in [3.63, 3.8) is 0 Å². The molecule has 0 bridgehead atoms. The van der Waals surface area contributed by atoms with E-state index < -0.39 is 4.92 Å². The molecule has 0 saturated heterocycles. The molecule has 34 heavy (non-hydrogen) atoms. The lowest BCUT2D eigenvalue weighted by Gasteiger charge is -2.11. The summed E-state index contributed by atoms with van der Waals surface area (Å²) in [4.78, 5) is 23.2. The second kappa shape index (κ2) is 10.8. The molecule has 0 atom stereocenters. The minimum absolute atomic E-state index is 0.0107. The van der Waals surface area contributed by atoms with Gasteiger partial charge < -0.3 is 5.32 Å². The number of carbonyl (C=O) groups excluding carboxylic acids is 1. The van der Waals surface area contributed by atoms with Crippen LogP contribution in [0.4, 0.5) is 11.4 Å². The zero-order valence-electron chi connectivity index (χ0n) is 18.5. The number of non-ortho nitro benzene ring substituents is 1. The number of nitro benzene ring substituents is 1. The molecule has 0 unspecified atom stereocenters. The van der Waals surface area contributed by atoms with Crippen LogP contribution in [0.2, 0.25) is 0 Å². The van der Waals surface area contributed by atoms with Crippen molar-refractivity contribution in [3.05, 3.63) is 100 Å². The largest absolute Gasteiger partial charge is 0.325 e. The molecule has 3 aromatic carbocycles. The summed E-state index contributed by atoms with van der Waals surface area (Å²) in [5.41, 5.74) is 3.66. The maximum Gasteiger partial charge on any atom is 0.269 e. The summed E-state index contributed by atoms with van der Waals surface area (Å²) in [6.45, 7) is 2.55. The van der Waals surface area contributed by atoms with Crippen LogP contribution in [-0.2, 0) is 17.8 Å². The van der Waals surface area contributed by atoms with E-state index in [2.05, 4.69) is 15.5 Å². The third-order valence-electron chi connectivity index (χ3n) is 5.24. The van der Waals surface area contributed by atoms with E-state index in [1.165, 1.54) is 23.9 Å². The fourth-order valence-corrected chi connectivity index (χ4v) is 4.25. The Morgan fingerprint density at radius 1 is 1.00 bits per heavy atom. The van der Waals surface area contributed by atoms with Crippen LogP contribution in [0.3, 0.4) is 0 Å². The summed E-state index contributed by atoms with van der Waals surface area (Å²) < 4.78 is 1.93. The number of aryl methyl sites for hydroxylation is 1. The molecule has 0 saturated carbocycles. The number of nitrogens with one attached hydrogen (secondary N) is 1. The number of aromatic nitrogens is 3. The molecule has 1 N–H and O–H groups in total. The van der Waals surface area contributed by atoms with Gasteiger partial charge in [-0.3, -0.25) is 19.5 Å². The Balaban J connectivity index is 1.56. The van der Waals surface area contributed by atoms with E-state index in [0.717, 1.165) is 23.2 Å². The van der Waals surface area contributed by atoms with E-state index in [1.54, 1.807) is 12.1 Å². The van der Waals surface area contributed by atoms with Crippen molar-refractivity contribution >= 4 is 29.0 Å². The van der Waals surface area contributed by atoms with Gasteiger partial charge in [0.2, 0.25) is 5.91 Å². The summed E-state index contributed by atoms with van der Waals surface area (Å²) in [6, 6.07) is 23.8. The van der Waals surface area contributed by atoms with Gasteiger partial charge in [-0.1, -0.05) is 67.2 Å². The third kappa shape index (κ3) is 5.49. The molecule has 0 aliphatic carbocycles. The second-order valence-corrected chi connectivity index (χ2v) is 8.47. The maximum atomic E-state index is 12.6. The SMILES string of the molecule is CCc1ccccc1NC(=O)CSc1nnc(-c2ccc([N+](=O)[O-])cc2)n1Cc1ccccc1. The lowest BCUT2D eigenvalue weighted by atomic mass is 10.1. The zero-order chi connectivity index (χ0) is 23.9. The van der Waals surface area contributed by atoms with Gasteiger partial charge in [0.15, 0.2) is 11.0 Å². The second-order valence-electron chi connectivity index (χ2n) is 7.53. The Morgan fingerprint density at radius 3 is 2.41 bits per heavy atom. The highest BCUT2D eigenvalue weighted by Crippen LogP contribution is 2.27. The number of hydrogen-bond acceptors (Lipinski definition) is 6. The Bertz CT molecular complexity index is 1290. The number of anilines is 1. The van der Waals surface area contributed by atoms with Gasteiger partial charge in [-0.2, -0.15) is 0 Å². The monoisotopic (exact) mass is 473 g/mol. The fourth-order valence-electron chi connectivity index (χ4n) is 3.52. The first-order chi connectivity index (χ1) is 16.5. The number of nitro groups is 1. The molecule has 0 radical (unpaired) electrons. The van der Waals surface area contributed by atoms with Crippen LogP contribution in [0.1, 0.15) is 18.1 Å². The third-order valence-corrected chi connectivity index (χ3v) is 6.21. The van der Waals surface area contributed by atoms with Crippen LogP contribution in [-0.4, -0.2) is 31.3 Å². The predicted octanol–water partition coefficient (Wildman–Crippen LogP) is 5.19. The summed E-state index contributed by atoms with van der Waals surface area (Å²) in [5.74, 6) is 0.626. The van der Waals surface area contributed by atoms with Crippen molar-refractivity contribution < 1.29 is 9.72 Å². The van der Waals surface area contributed by atoms with E-state index in [9.17, 15) is 14.9 Å². The number of benzene rings is 3. The van der Waals surface area contributed by atoms with Crippen molar-refractivity contribution in [1.82, 2.24) is 14.8 Å². The van der Waals surface area contributed by atoms with Crippen LogP contribution in [0.15, 0.2) is 84.0 Å². The molecular weight excluding hydrogens is 450 g/mol. The summed E-state index contributed by atoms with van der Waals surface area (Å²) in [5, 5.41) is 23.2. The summed E-state index contributed by atoms with van der Waals surface area (Å²) >= 11 is 1.30. The molecule has 9 heteroatoms. The predicted molar refractivity (Wildman–Crippen MR) is 133 cm³/mol. The number of para-hydroxylation sites is 1. The minimum atomic E-state index is -0.435. The Labute approximate surface area is 201 Å². The van der Waals surface area contributed by atoms with Gasteiger partial charge >= 0.3 is 0 Å². The molecule has 1 aromatic heterocycles. The number of rotatable bonds is 9. The normalized spacial score (nSPS) is 10.7. The number of nitrogens with zero attached hydrogens (tertiary/aromatic N) is 4. The van der Waals surface area contributed by atoms with Gasteiger partial charge in [-0.25, -0.2) is 0 Å². The molecule has 4 rings (SSSR count).